The summed E-state index contributed by atoms with van der Waals surface area (Å²) in [7, 11) is 1.92. The molecule has 0 saturated carbocycles. The Hall–Kier alpha value is -1.14. The predicted octanol–water partition coefficient (Wildman–Crippen LogP) is 2.67. The van der Waals surface area contributed by atoms with Crippen molar-refractivity contribution in [3.8, 4) is 0 Å². The zero-order chi connectivity index (χ0) is 13.1. The molecule has 0 radical (unpaired) electrons. The minimum Gasteiger partial charge on any atom is -0.309 e. The van der Waals surface area contributed by atoms with Gasteiger partial charge in [0.15, 0.2) is 5.16 Å². The summed E-state index contributed by atoms with van der Waals surface area (Å²) >= 11 is 7.43. The molecule has 0 N–H and O–H groups in total. The molecule has 0 saturated heterocycles. The summed E-state index contributed by atoms with van der Waals surface area (Å²) in [6.07, 6.45) is 1.82. The molecule has 0 aliphatic carbocycles. The second-order valence-corrected chi connectivity index (χ2v) is 5.26. The van der Waals surface area contributed by atoms with Gasteiger partial charge in [0.25, 0.3) is 0 Å². The number of aryl methyl sites for hydroxylation is 2. The summed E-state index contributed by atoms with van der Waals surface area (Å²) in [6, 6.07) is 1.75. The Labute approximate surface area is 115 Å². The number of rotatable bonds is 4. The molecular formula is C11H14ClN5S. The van der Waals surface area contributed by atoms with Gasteiger partial charge in [-0.05, 0) is 25.1 Å². The van der Waals surface area contributed by atoms with E-state index in [1.807, 2.05) is 18.5 Å². The van der Waals surface area contributed by atoms with E-state index in [1.165, 1.54) is 11.8 Å². The van der Waals surface area contributed by atoms with E-state index in [9.17, 15) is 0 Å². The summed E-state index contributed by atoms with van der Waals surface area (Å²) in [5.74, 6) is 1.64. The number of hydrogen-bond acceptors (Lipinski definition) is 5. The van der Waals surface area contributed by atoms with Crippen molar-refractivity contribution in [1.29, 1.82) is 0 Å². The first-order chi connectivity index (χ1) is 8.60. The van der Waals surface area contributed by atoms with Gasteiger partial charge < -0.3 is 4.57 Å². The van der Waals surface area contributed by atoms with E-state index in [4.69, 9.17) is 11.6 Å². The highest BCUT2D eigenvalue weighted by Gasteiger charge is 2.10. The normalized spacial score (nSPS) is 10.9. The number of aromatic nitrogens is 5. The predicted molar refractivity (Wildman–Crippen MR) is 70.9 cm³/mol. The van der Waals surface area contributed by atoms with Crippen molar-refractivity contribution in [2.75, 3.05) is 0 Å². The van der Waals surface area contributed by atoms with Crippen LogP contribution in [-0.2, 0) is 13.5 Å². The van der Waals surface area contributed by atoms with Gasteiger partial charge in [-0.1, -0.05) is 18.5 Å². The van der Waals surface area contributed by atoms with E-state index in [-0.39, 0.29) is 0 Å². The average molecular weight is 284 g/mol. The van der Waals surface area contributed by atoms with Crippen LogP contribution in [0.25, 0.3) is 0 Å². The molecule has 0 bridgehead atoms. The van der Waals surface area contributed by atoms with Crippen LogP contribution >= 0.6 is 23.4 Å². The highest BCUT2D eigenvalue weighted by atomic mass is 35.5. The maximum atomic E-state index is 5.99. The minimum absolute atomic E-state index is 0.467. The molecule has 7 heteroatoms. The SMILES string of the molecule is CCCc1nc(Cl)cc(Sc2nnc(C)n2C)n1. The van der Waals surface area contributed by atoms with Crippen molar-refractivity contribution in [2.45, 2.75) is 36.9 Å². The molecule has 2 aromatic heterocycles. The van der Waals surface area contributed by atoms with Crippen LogP contribution in [0.15, 0.2) is 16.2 Å². The Morgan fingerprint density at radius 1 is 1.33 bits per heavy atom. The summed E-state index contributed by atoms with van der Waals surface area (Å²) in [4.78, 5) is 8.65. The molecular weight excluding hydrogens is 270 g/mol. The third-order valence-electron chi connectivity index (χ3n) is 2.44. The van der Waals surface area contributed by atoms with Gasteiger partial charge in [0.05, 0.1) is 0 Å². The first-order valence-corrected chi connectivity index (χ1v) is 6.87. The van der Waals surface area contributed by atoms with Crippen LogP contribution in [0.4, 0.5) is 0 Å². The monoisotopic (exact) mass is 283 g/mol. The smallest absolute Gasteiger partial charge is 0.197 e. The number of hydrogen-bond donors (Lipinski definition) is 0. The first-order valence-electron chi connectivity index (χ1n) is 5.67. The van der Waals surface area contributed by atoms with Crippen molar-refractivity contribution in [3.05, 3.63) is 22.9 Å². The van der Waals surface area contributed by atoms with Crippen LogP contribution in [0, 0.1) is 6.92 Å². The van der Waals surface area contributed by atoms with Crippen molar-refractivity contribution in [1.82, 2.24) is 24.7 Å². The zero-order valence-electron chi connectivity index (χ0n) is 10.5. The van der Waals surface area contributed by atoms with Gasteiger partial charge in [-0.2, -0.15) is 0 Å². The van der Waals surface area contributed by atoms with Gasteiger partial charge in [-0.25, -0.2) is 9.97 Å². The Morgan fingerprint density at radius 3 is 2.72 bits per heavy atom. The molecule has 2 rings (SSSR count). The van der Waals surface area contributed by atoms with Crippen molar-refractivity contribution in [2.24, 2.45) is 7.05 Å². The van der Waals surface area contributed by atoms with E-state index < -0.39 is 0 Å². The Balaban J connectivity index is 2.26. The maximum absolute atomic E-state index is 5.99. The van der Waals surface area contributed by atoms with Gasteiger partial charge in [0.1, 0.15) is 21.8 Å². The van der Waals surface area contributed by atoms with Crippen molar-refractivity contribution < 1.29 is 0 Å². The largest absolute Gasteiger partial charge is 0.309 e. The Morgan fingerprint density at radius 2 is 2.11 bits per heavy atom. The number of halogens is 1. The number of nitrogens with zero attached hydrogens (tertiary/aromatic N) is 5. The fourth-order valence-electron chi connectivity index (χ4n) is 1.40. The lowest BCUT2D eigenvalue weighted by Gasteiger charge is -2.04. The van der Waals surface area contributed by atoms with Crippen molar-refractivity contribution in [3.63, 3.8) is 0 Å². The third-order valence-corrected chi connectivity index (χ3v) is 3.59. The Kier molecular flexibility index (Phi) is 4.19. The fraction of sp³-hybridized carbons (Fsp3) is 0.455. The van der Waals surface area contributed by atoms with E-state index >= 15 is 0 Å². The highest BCUT2D eigenvalue weighted by molar-refractivity contribution is 7.99. The van der Waals surface area contributed by atoms with Gasteiger partial charge >= 0.3 is 0 Å². The lowest BCUT2D eigenvalue weighted by atomic mass is 10.3. The van der Waals surface area contributed by atoms with Gasteiger partial charge in [0.2, 0.25) is 0 Å². The fourth-order valence-corrected chi connectivity index (χ4v) is 2.52. The molecule has 0 aliphatic heterocycles. The van der Waals surface area contributed by atoms with Crippen LogP contribution < -0.4 is 0 Å². The Bertz CT molecular complexity index is 554. The van der Waals surface area contributed by atoms with Crippen LogP contribution in [0.1, 0.15) is 25.0 Å². The maximum Gasteiger partial charge on any atom is 0.197 e. The van der Waals surface area contributed by atoms with Gasteiger partial charge in [-0.15, -0.1) is 10.2 Å². The lowest BCUT2D eigenvalue weighted by Crippen LogP contribution is -1.98. The molecule has 0 spiro atoms. The molecule has 2 aromatic rings. The quantitative estimate of drug-likeness (QED) is 0.808. The molecule has 0 amide bonds. The summed E-state index contributed by atoms with van der Waals surface area (Å²) < 4.78 is 1.92. The molecule has 0 aliphatic rings. The zero-order valence-corrected chi connectivity index (χ0v) is 12.1. The van der Waals surface area contributed by atoms with Crippen LogP contribution in [-0.4, -0.2) is 24.7 Å². The van der Waals surface area contributed by atoms with Crippen LogP contribution in [0.2, 0.25) is 5.15 Å². The second-order valence-electron chi connectivity index (χ2n) is 3.89. The average Bonchev–Trinajstić information content (AvgIpc) is 2.61. The minimum atomic E-state index is 0.467. The van der Waals surface area contributed by atoms with E-state index in [2.05, 4.69) is 27.1 Å². The molecule has 96 valence electrons. The first kappa shape index (κ1) is 13.3. The summed E-state index contributed by atoms with van der Waals surface area (Å²) in [5.41, 5.74) is 0. The topological polar surface area (TPSA) is 56.5 Å². The standard InChI is InChI=1S/C11H14ClN5S/c1-4-5-9-13-8(12)6-10(14-9)18-11-16-15-7(2)17(11)3/h6H,4-5H2,1-3H3. The van der Waals surface area contributed by atoms with Crippen LogP contribution in [0.3, 0.4) is 0 Å². The molecule has 5 nitrogen and oxygen atoms in total. The molecule has 0 aromatic carbocycles. The summed E-state index contributed by atoms with van der Waals surface area (Å²) in [5, 5.41) is 10.2. The van der Waals surface area contributed by atoms with Gasteiger partial charge in [-0.3, -0.25) is 0 Å². The van der Waals surface area contributed by atoms with E-state index in [0.29, 0.717) is 5.15 Å². The summed E-state index contributed by atoms with van der Waals surface area (Å²) in [6.45, 7) is 4.00. The molecule has 2 heterocycles. The van der Waals surface area contributed by atoms with E-state index in [0.717, 1.165) is 34.7 Å². The molecule has 18 heavy (non-hydrogen) atoms. The molecule has 0 unspecified atom stereocenters. The third kappa shape index (κ3) is 3.00. The molecule has 0 atom stereocenters. The van der Waals surface area contributed by atoms with Crippen LogP contribution in [0.5, 0.6) is 0 Å². The highest BCUT2D eigenvalue weighted by Crippen LogP contribution is 2.26. The van der Waals surface area contributed by atoms with Crippen molar-refractivity contribution >= 4 is 23.4 Å². The lowest BCUT2D eigenvalue weighted by molar-refractivity contribution is 0.761. The van der Waals surface area contributed by atoms with E-state index in [1.54, 1.807) is 6.07 Å². The second kappa shape index (κ2) is 5.67. The molecule has 0 fully saturated rings. The van der Waals surface area contributed by atoms with Gasteiger partial charge in [0, 0.05) is 19.5 Å².